The van der Waals surface area contributed by atoms with Gasteiger partial charge in [-0.2, -0.15) is 5.10 Å². The molecule has 2 aromatic rings. The van der Waals surface area contributed by atoms with Crippen molar-refractivity contribution >= 4 is 23.5 Å². The van der Waals surface area contributed by atoms with Gasteiger partial charge in [-0.05, 0) is 6.07 Å². The summed E-state index contributed by atoms with van der Waals surface area (Å²) in [6, 6.07) is 4.40. The van der Waals surface area contributed by atoms with Crippen LogP contribution in [-0.2, 0) is 0 Å². The zero-order valence-corrected chi connectivity index (χ0v) is 9.15. The summed E-state index contributed by atoms with van der Waals surface area (Å²) < 4.78 is 0. The van der Waals surface area contributed by atoms with Crippen LogP contribution in [0.25, 0.3) is 0 Å². The van der Waals surface area contributed by atoms with Crippen LogP contribution in [0.5, 0.6) is 0 Å². The summed E-state index contributed by atoms with van der Waals surface area (Å²) in [6.45, 7) is 0. The maximum Gasteiger partial charge on any atom is 0.288 e. The molecule has 1 aromatic carbocycles. The van der Waals surface area contributed by atoms with E-state index in [-0.39, 0.29) is 10.7 Å². The molecule has 17 heavy (non-hydrogen) atoms. The summed E-state index contributed by atoms with van der Waals surface area (Å²) in [7, 11) is 0. The zero-order chi connectivity index (χ0) is 12.3. The summed E-state index contributed by atoms with van der Waals surface area (Å²) >= 11 is 5.68. The first-order chi connectivity index (χ1) is 8.16. The van der Waals surface area contributed by atoms with Crippen molar-refractivity contribution < 1.29 is 4.92 Å². The minimum Gasteiger partial charge on any atom is -0.258 e. The Bertz CT molecular complexity index is 567. The van der Waals surface area contributed by atoms with E-state index in [2.05, 4.69) is 15.2 Å². The van der Waals surface area contributed by atoms with E-state index >= 15 is 0 Å². The molecule has 1 heterocycles. The van der Waals surface area contributed by atoms with Crippen molar-refractivity contribution in [2.75, 3.05) is 0 Å². The number of rotatable bonds is 3. The molecule has 1 aromatic heterocycles. The lowest BCUT2D eigenvalue weighted by Crippen LogP contribution is -1.93. The van der Waals surface area contributed by atoms with E-state index < -0.39 is 4.92 Å². The van der Waals surface area contributed by atoms with Crippen molar-refractivity contribution in [2.45, 2.75) is 0 Å². The maximum atomic E-state index is 10.7. The normalized spacial score (nSPS) is 10.9. The number of halogens is 1. The first-order valence-corrected chi connectivity index (χ1v) is 4.87. The quantitative estimate of drug-likeness (QED) is 0.472. The van der Waals surface area contributed by atoms with Gasteiger partial charge in [-0.15, -0.1) is 9.89 Å². The molecule has 0 saturated carbocycles. The minimum atomic E-state index is -0.546. The molecule has 7 nitrogen and oxygen atoms in total. The van der Waals surface area contributed by atoms with Gasteiger partial charge in [0.05, 0.1) is 11.1 Å². The van der Waals surface area contributed by atoms with Crippen molar-refractivity contribution in [3.05, 3.63) is 51.6 Å². The highest BCUT2D eigenvalue weighted by Gasteiger charge is 2.11. The van der Waals surface area contributed by atoms with Crippen LogP contribution < -0.4 is 0 Å². The Kier molecular flexibility index (Phi) is 3.10. The molecule has 0 N–H and O–H groups in total. The molecule has 0 radical (unpaired) electrons. The van der Waals surface area contributed by atoms with E-state index in [1.807, 2.05) is 0 Å². The molecule has 86 valence electrons. The predicted molar refractivity (Wildman–Crippen MR) is 61.1 cm³/mol. The highest BCUT2D eigenvalue weighted by Crippen LogP contribution is 2.24. The van der Waals surface area contributed by atoms with Gasteiger partial charge in [0.2, 0.25) is 0 Å². The Hall–Kier alpha value is -2.28. The Morgan fingerprint density at radius 3 is 3.00 bits per heavy atom. The molecule has 8 heteroatoms. The highest BCUT2D eigenvalue weighted by molar-refractivity contribution is 6.32. The molecule has 2 rings (SSSR count). The van der Waals surface area contributed by atoms with Gasteiger partial charge in [0, 0.05) is 11.6 Å². The largest absolute Gasteiger partial charge is 0.288 e. The predicted octanol–water partition coefficient (Wildman–Crippen LogP) is 1.72. The van der Waals surface area contributed by atoms with Crippen molar-refractivity contribution in [1.29, 1.82) is 0 Å². The summed E-state index contributed by atoms with van der Waals surface area (Å²) in [4.78, 5) is 15.0. The van der Waals surface area contributed by atoms with Crippen molar-refractivity contribution in [3.8, 4) is 0 Å². The van der Waals surface area contributed by atoms with Gasteiger partial charge in [0.25, 0.3) is 5.69 Å². The zero-order valence-electron chi connectivity index (χ0n) is 8.39. The Labute approximate surface area is 101 Å². The summed E-state index contributed by atoms with van der Waals surface area (Å²) in [5, 5.41) is 18.4. The molecule has 0 unspecified atom stereocenters. The van der Waals surface area contributed by atoms with E-state index in [9.17, 15) is 10.1 Å². The molecule has 0 fully saturated rings. The van der Waals surface area contributed by atoms with Gasteiger partial charge in [-0.1, -0.05) is 17.7 Å². The van der Waals surface area contributed by atoms with Crippen molar-refractivity contribution in [1.82, 2.24) is 14.9 Å². The fourth-order valence-electron chi connectivity index (χ4n) is 1.14. The maximum absolute atomic E-state index is 10.7. The second-order valence-corrected chi connectivity index (χ2v) is 3.44. The molecule has 0 bridgehead atoms. The van der Waals surface area contributed by atoms with Gasteiger partial charge in [0.15, 0.2) is 0 Å². The van der Waals surface area contributed by atoms with Crippen LogP contribution in [0.1, 0.15) is 5.56 Å². The van der Waals surface area contributed by atoms with E-state index in [0.717, 1.165) is 0 Å². The summed E-state index contributed by atoms with van der Waals surface area (Å²) in [5.74, 6) is 0. The fraction of sp³-hybridized carbons (Fsp3) is 0. The monoisotopic (exact) mass is 251 g/mol. The standard InChI is InChI=1S/C9H6ClN5O2/c10-8-2-1-7(3-9(8)15(16)17)4-12-14-6-11-5-13-14/h1-6H. The second-order valence-electron chi connectivity index (χ2n) is 3.03. The minimum absolute atomic E-state index is 0.0907. The first-order valence-electron chi connectivity index (χ1n) is 4.50. The third-order valence-electron chi connectivity index (χ3n) is 1.90. The number of hydrogen-bond donors (Lipinski definition) is 0. The lowest BCUT2D eigenvalue weighted by atomic mass is 10.2. The number of hydrogen-bond acceptors (Lipinski definition) is 5. The number of nitro benzene ring substituents is 1. The number of nitrogens with zero attached hydrogens (tertiary/aromatic N) is 5. The molecule has 0 atom stereocenters. The van der Waals surface area contributed by atoms with Crippen molar-refractivity contribution in [3.63, 3.8) is 0 Å². The van der Waals surface area contributed by atoms with Crippen LogP contribution in [0.2, 0.25) is 5.02 Å². The van der Waals surface area contributed by atoms with Crippen LogP contribution in [0, 0.1) is 10.1 Å². The molecule has 0 amide bonds. The van der Waals surface area contributed by atoms with E-state index in [1.165, 1.54) is 35.8 Å². The SMILES string of the molecule is O=[N+]([O-])c1cc(C=Nn2cncn2)ccc1Cl. The van der Waals surface area contributed by atoms with Crippen molar-refractivity contribution in [2.24, 2.45) is 5.10 Å². The highest BCUT2D eigenvalue weighted by atomic mass is 35.5. The lowest BCUT2D eigenvalue weighted by molar-refractivity contribution is -0.384. The summed E-state index contributed by atoms with van der Waals surface area (Å²) in [6.07, 6.45) is 4.17. The molecule has 0 saturated heterocycles. The van der Waals surface area contributed by atoms with Crippen LogP contribution in [0.15, 0.2) is 36.0 Å². The number of benzene rings is 1. The van der Waals surface area contributed by atoms with Crippen LogP contribution in [-0.4, -0.2) is 26.0 Å². The van der Waals surface area contributed by atoms with Gasteiger partial charge < -0.3 is 0 Å². The Morgan fingerprint density at radius 2 is 2.35 bits per heavy atom. The average Bonchev–Trinajstić information content (AvgIpc) is 2.80. The summed E-state index contributed by atoms with van der Waals surface area (Å²) in [5.41, 5.74) is 0.394. The Balaban J connectivity index is 2.28. The van der Waals surface area contributed by atoms with E-state index in [1.54, 1.807) is 6.07 Å². The molecule has 0 aliphatic rings. The molecule has 0 aliphatic heterocycles. The fourth-order valence-corrected chi connectivity index (χ4v) is 1.32. The number of nitro groups is 1. The van der Waals surface area contributed by atoms with Crippen LogP contribution >= 0.6 is 11.6 Å². The second kappa shape index (κ2) is 4.71. The van der Waals surface area contributed by atoms with Gasteiger partial charge >= 0.3 is 0 Å². The smallest absolute Gasteiger partial charge is 0.258 e. The van der Waals surface area contributed by atoms with E-state index in [0.29, 0.717) is 5.56 Å². The van der Waals surface area contributed by atoms with E-state index in [4.69, 9.17) is 11.6 Å². The molecular formula is C9H6ClN5O2. The van der Waals surface area contributed by atoms with Gasteiger partial charge in [0.1, 0.15) is 17.7 Å². The van der Waals surface area contributed by atoms with Gasteiger partial charge in [-0.25, -0.2) is 4.98 Å². The van der Waals surface area contributed by atoms with Gasteiger partial charge in [-0.3, -0.25) is 10.1 Å². The Morgan fingerprint density at radius 1 is 1.53 bits per heavy atom. The first kappa shape index (κ1) is 11.2. The molecule has 0 spiro atoms. The third kappa shape index (κ3) is 2.64. The average molecular weight is 252 g/mol. The molecular weight excluding hydrogens is 246 g/mol. The topological polar surface area (TPSA) is 86.2 Å². The molecule has 0 aliphatic carbocycles. The van der Waals surface area contributed by atoms with Crippen LogP contribution in [0.3, 0.4) is 0 Å². The third-order valence-corrected chi connectivity index (χ3v) is 2.22. The lowest BCUT2D eigenvalue weighted by Gasteiger charge is -1.96. The van der Waals surface area contributed by atoms with Crippen LogP contribution in [0.4, 0.5) is 5.69 Å². The number of aromatic nitrogens is 3.